The van der Waals surface area contributed by atoms with Crippen LogP contribution in [0.25, 0.3) is 0 Å². The first-order valence-corrected chi connectivity index (χ1v) is 10.3. The molecule has 4 N–H and O–H groups in total. The molecule has 4 rings (SSSR count). The van der Waals surface area contributed by atoms with Gasteiger partial charge in [-0.1, -0.05) is 11.6 Å². The molecule has 1 aliphatic rings. The zero-order valence-corrected chi connectivity index (χ0v) is 17.7. The van der Waals surface area contributed by atoms with Gasteiger partial charge in [-0.3, -0.25) is 5.10 Å². The number of aromatic amines is 1. The molecule has 1 fully saturated rings. The summed E-state index contributed by atoms with van der Waals surface area (Å²) in [4.78, 5) is 8.09. The summed E-state index contributed by atoms with van der Waals surface area (Å²) in [7, 11) is 0. The van der Waals surface area contributed by atoms with E-state index in [-0.39, 0.29) is 34.0 Å². The van der Waals surface area contributed by atoms with Crippen LogP contribution >= 0.6 is 11.6 Å². The van der Waals surface area contributed by atoms with Gasteiger partial charge in [-0.25, -0.2) is 9.37 Å². The molecule has 1 saturated heterocycles. The van der Waals surface area contributed by atoms with Crippen molar-refractivity contribution in [2.75, 3.05) is 23.7 Å². The van der Waals surface area contributed by atoms with Gasteiger partial charge in [0, 0.05) is 11.8 Å². The van der Waals surface area contributed by atoms with Gasteiger partial charge in [0.05, 0.1) is 17.4 Å². The molecule has 3 heterocycles. The molecule has 1 aliphatic heterocycles. The minimum atomic E-state index is -4.63. The minimum Gasteiger partial charge on any atom is -0.322 e. The van der Waals surface area contributed by atoms with E-state index in [0.717, 1.165) is 17.8 Å². The number of rotatable bonds is 5. The van der Waals surface area contributed by atoms with Crippen LogP contribution in [-0.4, -0.2) is 33.3 Å². The summed E-state index contributed by atoms with van der Waals surface area (Å²) in [6.07, 6.45) is -2.35. The molecule has 0 aliphatic carbocycles. The van der Waals surface area contributed by atoms with Gasteiger partial charge in [-0.2, -0.15) is 23.3 Å². The van der Waals surface area contributed by atoms with Crippen molar-refractivity contribution in [3.05, 3.63) is 52.1 Å². The lowest BCUT2D eigenvalue weighted by atomic mass is 9.86. The second-order valence-corrected chi connectivity index (χ2v) is 7.92. The average Bonchev–Trinajstić information content (AvgIpc) is 3.16. The predicted octanol–water partition coefficient (Wildman–Crippen LogP) is 5.27. The summed E-state index contributed by atoms with van der Waals surface area (Å²) in [6, 6.07) is 3.44. The van der Waals surface area contributed by atoms with E-state index < -0.39 is 17.6 Å². The Labute approximate surface area is 186 Å². The Bertz CT molecular complexity index is 1110. The number of alkyl halides is 3. The standard InChI is InChI=1S/C20H20ClF4N7/c1-10-6-17(32-31-10)29-18-14(21)9-27-19(30-18)28-16-8-13(20(23,24)25)12(7-15(16)22)11-2-4-26-5-3-11/h6-9,11,26H,2-5H2,1H3,(H3,27,28,29,30,31,32). The predicted molar refractivity (Wildman–Crippen MR) is 113 cm³/mol. The zero-order valence-electron chi connectivity index (χ0n) is 16.9. The summed E-state index contributed by atoms with van der Waals surface area (Å²) in [5, 5.41) is 15.4. The Morgan fingerprint density at radius 1 is 1.12 bits per heavy atom. The van der Waals surface area contributed by atoms with E-state index in [9.17, 15) is 17.6 Å². The number of hydrogen-bond donors (Lipinski definition) is 4. The molecular formula is C20H20ClF4N7. The van der Waals surface area contributed by atoms with Crippen molar-refractivity contribution in [1.82, 2.24) is 25.5 Å². The summed E-state index contributed by atoms with van der Waals surface area (Å²) >= 11 is 6.10. The number of aromatic nitrogens is 4. The first kappa shape index (κ1) is 22.3. The highest BCUT2D eigenvalue weighted by Gasteiger charge is 2.37. The van der Waals surface area contributed by atoms with Gasteiger partial charge in [-0.05, 0) is 56.5 Å². The third kappa shape index (κ3) is 4.94. The lowest BCUT2D eigenvalue weighted by Crippen LogP contribution is -2.28. The maximum absolute atomic E-state index is 14.8. The number of nitrogens with one attached hydrogen (secondary N) is 4. The third-order valence-corrected chi connectivity index (χ3v) is 5.44. The number of anilines is 4. The van der Waals surface area contributed by atoms with Crippen molar-refractivity contribution in [3.8, 4) is 0 Å². The molecule has 0 radical (unpaired) electrons. The highest BCUT2D eigenvalue weighted by atomic mass is 35.5. The first-order valence-electron chi connectivity index (χ1n) is 9.90. The van der Waals surface area contributed by atoms with Crippen LogP contribution in [0.4, 0.5) is 40.8 Å². The van der Waals surface area contributed by atoms with Gasteiger partial charge in [0.2, 0.25) is 5.95 Å². The topological polar surface area (TPSA) is 90.6 Å². The summed E-state index contributed by atoms with van der Waals surface area (Å²) in [5.74, 6) is -0.700. The summed E-state index contributed by atoms with van der Waals surface area (Å²) in [5.41, 5.74) is -0.478. The van der Waals surface area contributed by atoms with Crippen LogP contribution in [-0.2, 0) is 6.18 Å². The number of hydrogen-bond acceptors (Lipinski definition) is 6. The van der Waals surface area contributed by atoms with Crippen LogP contribution < -0.4 is 16.0 Å². The summed E-state index contributed by atoms with van der Waals surface area (Å²) in [6.45, 7) is 2.99. The van der Waals surface area contributed by atoms with E-state index >= 15 is 0 Å². The Morgan fingerprint density at radius 3 is 2.53 bits per heavy atom. The largest absolute Gasteiger partial charge is 0.416 e. The number of halogens is 5. The summed E-state index contributed by atoms with van der Waals surface area (Å²) < 4.78 is 56.2. The van der Waals surface area contributed by atoms with Crippen molar-refractivity contribution < 1.29 is 17.6 Å². The Kier molecular flexibility index (Phi) is 6.20. The Hall–Kier alpha value is -2.92. The Morgan fingerprint density at radius 2 is 1.88 bits per heavy atom. The van der Waals surface area contributed by atoms with E-state index in [2.05, 4.69) is 36.1 Å². The highest BCUT2D eigenvalue weighted by molar-refractivity contribution is 6.32. The van der Waals surface area contributed by atoms with Gasteiger partial charge < -0.3 is 16.0 Å². The van der Waals surface area contributed by atoms with Crippen LogP contribution in [0.5, 0.6) is 0 Å². The van der Waals surface area contributed by atoms with Crippen LogP contribution in [0.15, 0.2) is 24.4 Å². The van der Waals surface area contributed by atoms with Crippen LogP contribution in [0.3, 0.4) is 0 Å². The number of aryl methyl sites for hydroxylation is 1. The lowest BCUT2D eigenvalue weighted by molar-refractivity contribution is -0.138. The highest BCUT2D eigenvalue weighted by Crippen LogP contribution is 2.40. The van der Waals surface area contributed by atoms with E-state index in [1.807, 2.05) is 0 Å². The first-order chi connectivity index (χ1) is 15.2. The number of nitrogens with zero attached hydrogens (tertiary/aromatic N) is 3. The third-order valence-electron chi connectivity index (χ3n) is 5.17. The molecule has 2 aromatic heterocycles. The molecular weight excluding hydrogens is 450 g/mol. The molecule has 32 heavy (non-hydrogen) atoms. The average molecular weight is 470 g/mol. The fourth-order valence-electron chi connectivity index (χ4n) is 3.64. The monoisotopic (exact) mass is 469 g/mol. The van der Waals surface area contributed by atoms with Crippen molar-refractivity contribution in [2.45, 2.75) is 31.9 Å². The fraction of sp³-hybridized carbons (Fsp3) is 0.350. The molecule has 0 bridgehead atoms. The molecule has 7 nitrogen and oxygen atoms in total. The number of piperidine rings is 1. The normalized spacial score (nSPS) is 15.1. The van der Waals surface area contributed by atoms with E-state index in [1.165, 1.54) is 6.20 Å². The molecule has 0 unspecified atom stereocenters. The Balaban J connectivity index is 1.64. The van der Waals surface area contributed by atoms with Crippen LogP contribution in [0.1, 0.15) is 35.6 Å². The van der Waals surface area contributed by atoms with Gasteiger partial charge in [0.1, 0.15) is 10.8 Å². The molecule has 0 amide bonds. The van der Waals surface area contributed by atoms with Gasteiger partial charge in [0.15, 0.2) is 11.6 Å². The number of H-pyrrole nitrogens is 1. The molecule has 12 heteroatoms. The van der Waals surface area contributed by atoms with Gasteiger partial charge in [-0.15, -0.1) is 0 Å². The number of benzene rings is 1. The van der Waals surface area contributed by atoms with Crippen molar-refractivity contribution in [1.29, 1.82) is 0 Å². The van der Waals surface area contributed by atoms with Gasteiger partial charge in [0.25, 0.3) is 0 Å². The lowest BCUT2D eigenvalue weighted by Gasteiger charge is -2.26. The molecule has 3 aromatic rings. The van der Waals surface area contributed by atoms with E-state index in [1.54, 1.807) is 13.0 Å². The molecule has 0 saturated carbocycles. The SMILES string of the molecule is Cc1cc(Nc2nc(Nc3cc(C(F)(F)F)c(C4CCNCC4)cc3F)ncc2Cl)n[nH]1. The molecule has 0 spiro atoms. The van der Waals surface area contributed by atoms with E-state index in [4.69, 9.17) is 11.6 Å². The molecule has 170 valence electrons. The maximum atomic E-state index is 14.8. The second kappa shape index (κ2) is 8.91. The van der Waals surface area contributed by atoms with Crippen LogP contribution in [0.2, 0.25) is 5.02 Å². The smallest absolute Gasteiger partial charge is 0.322 e. The molecule has 1 aromatic carbocycles. The molecule has 0 atom stereocenters. The second-order valence-electron chi connectivity index (χ2n) is 7.52. The van der Waals surface area contributed by atoms with Crippen molar-refractivity contribution >= 4 is 34.9 Å². The quantitative estimate of drug-likeness (QED) is 0.380. The van der Waals surface area contributed by atoms with Crippen molar-refractivity contribution in [3.63, 3.8) is 0 Å². The maximum Gasteiger partial charge on any atom is 0.416 e. The van der Waals surface area contributed by atoms with Gasteiger partial charge >= 0.3 is 6.18 Å². The van der Waals surface area contributed by atoms with Crippen LogP contribution in [0, 0.1) is 12.7 Å². The fourth-order valence-corrected chi connectivity index (χ4v) is 3.78. The van der Waals surface area contributed by atoms with Crippen molar-refractivity contribution in [2.24, 2.45) is 0 Å². The minimum absolute atomic E-state index is 0.0321. The van der Waals surface area contributed by atoms with E-state index in [0.29, 0.717) is 31.7 Å². The zero-order chi connectivity index (χ0) is 22.9.